The molecule has 0 bridgehead atoms. The zero-order valence-electron chi connectivity index (χ0n) is 17.1. The third-order valence-corrected chi connectivity index (χ3v) is 6.48. The predicted octanol–water partition coefficient (Wildman–Crippen LogP) is 4.21. The Morgan fingerprint density at radius 2 is 1.59 bits per heavy atom. The van der Waals surface area contributed by atoms with Crippen molar-refractivity contribution < 1.29 is 13.2 Å². The molecule has 1 unspecified atom stereocenters. The zero-order valence-corrected chi connectivity index (χ0v) is 18.7. The van der Waals surface area contributed by atoms with Crippen LogP contribution in [0.3, 0.4) is 0 Å². The smallest absolute Gasteiger partial charge is 0.231 e. The lowest BCUT2D eigenvalue weighted by atomic mass is 9.94. The minimum absolute atomic E-state index is 0.197. The Hall–Kier alpha value is -3.42. The molecule has 0 spiro atoms. The number of nitrogens with zero attached hydrogens (tertiary/aromatic N) is 2. The molecule has 1 amide bonds. The number of rotatable bonds is 6. The second-order valence-corrected chi connectivity index (χ2v) is 9.84. The van der Waals surface area contributed by atoms with Crippen molar-refractivity contribution in [1.29, 1.82) is 0 Å². The molecular weight excluding hydrogens is 446 g/mol. The SMILES string of the molecule is CS(=O)(=O)c1ccc(-n2nc(-c3ccc(Cl)cc3)cc2C(C(N)=O)c2ccccc2)cc1. The van der Waals surface area contributed by atoms with Crippen molar-refractivity contribution in [2.45, 2.75) is 10.8 Å². The fraction of sp³-hybridized carbons (Fsp3) is 0.0833. The van der Waals surface area contributed by atoms with Crippen LogP contribution in [0.25, 0.3) is 16.9 Å². The quantitative estimate of drug-likeness (QED) is 0.461. The molecule has 6 nitrogen and oxygen atoms in total. The predicted molar refractivity (Wildman–Crippen MR) is 125 cm³/mol. The van der Waals surface area contributed by atoms with Gasteiger partial charge in [0.05, 0.1) is 22.0 Å². The largest absolute Gasteiger partial charge is 0.369 e. The molecule has 0 aliphatic rings. The summed E-state index contributed by atoms with van der Waals surface area (Å²) < 4.78 is 25.3. The average Bonchev–Trinajstić information content (AvgIpc) is 3.19. The van der Waals surface area contributed by atoms with E-state index < -0.39 is 21.7 Å². The second kappa shape index (κ2) is 8.61. The van der Waals surface area contributed by atoms with Crippen molar-refractivity contribution in [1.82, 2.24) is 9.78 Å². The van der Waals surface area contributed by atoms with E-state index in [1.54, 1.807) is 28.9 Å². The van der Waals surface area contributed by atoms with Gasteiger partial charge in [0.1, 0.15) is 5.92 Å². The Balaban J connectivity index is 1.91. The number of sulfone groups is 1. The first-order valence-corrected chi connectivity index (χ1v) is 12.0. The second-order valence-electron chi connectivity index (χ2n) is 7.39. The van der Waals surface area contributed by atoms with E-state index >= 15 is 0 Å². The molecule has 162 valence electrons. The number of carbonyl (C=O) groups excluding carboxylic acids is 1. The summed E-state index contributed by atoms with van der Waals surface area (Å²) in [5.41, 5.74) is 9.18. The monoisotopic (exact) mass is 465 g/mol. The number of hydrogen-bond donors (Lipinski definition) is 1. The summed E-state index contributed by atoms with van der Waals surface area (Å²) in [5, 5.41) is 5.32. The van der Waals surface area contributed by atoms with E-state index in [2.05, 4.69) is 0 Å². The minimum atomic E-state index is -3.34. The number of benzene rings is 3. The molecule has 0 fully saturated rings. The molecule has 8 heteroatoms. The lowest BCUT2D eigenvalue weighted by molar-refractivity contribution is -0.118. The fourth-order valence-corrected chi connectivity index (χ4v) is 4.29. The van der Waals surface area contributed by atoms with Gasteiger partial charge in [0.2, 0.25) is 5.91 Å². The fourth-order valence-electron chi connectivity index (χ4n) is 3.53. The van der Waals surface area contributed by atoms with Crippen molar-refractivity contribution in [2.24, 2.45) is 5.73 Å². The van der Waals surface area contributed by atoms with Crippen LogP contribution in [0.5, 0.6) is 0 Å². The summed E-state index contributed by atoms with van der Waals surface area (Å²) in [6, 6.07) is 24.6. The number of aromatic nitrogens is 2. The van der Waals surface area contributed by atoms with Crippen LogP contribution in [0.4, 0.5) is 0 Å². The van der Waals surface area contributed by atoms with Gasteiger partial charge in [0.15, 0.2) is 9.84 Å². The third kappa shape index (κ3) is 4.44. The summed E-state index contributed by atoms with van der Waals surface area (Å²) in [6.07, 6.45) is 1.15. The van der Waals surface area contributed by atoms with Gasteiger partial charge in [0.25, 0.3) is 0 Å². The summed E-state index contributed by atoms with van der Waals surface area (Å²) in [6.45, 7) is 0. The highest BCUT2D eigenvalue weighted by Crippen LogP contribution is 2.31. The van der Waals surface area contributed by atoms with Gasteiger partial charge in [-0.1, -0.05) is 54.1 Å². The first-order chi connectivity index (χ1) is 15.2. The van der Waals surface area contributed by atoms with Crippen molar-refractivity contribution >= 4 is 27.3 Å². The van der Waals surface area contributed by atoms with Crippen molar-refractivity contribution in [3.63, 3.8) is 0 Å². The van der Waals surface area contributed by atoms with Crippen LogP contribution < -0.4 is 5.73 Å². The number of hydrogen-bond acceptors (Lipinski definition) is 4. The van der Waals surface area contributed by atoms with Crippen LogP contribution in [0.2, 0.25) is 5.02 Å². The van der Waals surface area contributed by atoms with Crippen LogP contribution in [-0.4, -0.2) is 30.4 Å². The van der Waals surface area contributed by atoms with Gasteiger partial charge in [-0.05, 0) is 48.0 Å². The van der Waals surface area contributed by atoms with E-state index in [1.807, 2.05) is 48.5 Å². The molecule has 1 atom stereocenters. The van der Waals surface area contributed by atoms with Crippen LogP contribution in [-0.2, 0) is 14.6 Å². The number of carbonyl (C=O) groups is 1. The van der Waals surface area contributed by atoms with Crippen LogP contribution in [0.1, 0.15) is 17.2 Å². The van der Waals surface area contributed by atoms with Gasteiger partial charge in [-0.15, -0.1) is 0 Å². The molecule has 32 heavy (non-hydrogen) atoms. The van der Waals surface area contributed by atoms with Crippen molar-refractivity contribution in [3.05, 3.63) is 101 Å². The molecule has 3 aromatic carbocycles. The number of halogens is 1. The van der Waals surface area contributed by atoms with E-state index in [9.17, 15) is 13.2 Å². The first kappa shape index (κ1) is 21.8. The van der Waals surface area contributed by atoms with E-state index in [1.165, 1.54) is 12.1 Å². The van der Waals surface area contributed by atoms with Gasteiger partial charge >= 0.3 is 0 Å². The maximum Gasteiger partial charge on any atom is 0.231 e. The highest BCUT2D eigenvalue weighted by Gasteiger charge is 2.26. The molecule has 2 N–H and O–H groups in total. The molecule has 1 heterocycles. The Bertz CT molecular complexity index is 1360. The number of amides is 1. The zero-order chi connectivity index (χ0) is 22.9. The van der Waals surface area contributed by atoms with E-state index in [0.717, 1.165) is 17.4 Å². The van der Waals surface area contributed by atoms with E-state index in [0.29, 0.717) is 22.1 Å². The molecular formula is C24H20ClN3O3S. The normalized spacial score (nSPS) is 12.4. The Morgan fingerprint density at radius 3 is 2.16 bits per heavy atom. The van der Waals surface area contributed by atoms with Gasteiger partial charge in [-0.3, -0.25) is 4.79 Å². The van der Waals surface area contributed by atoms with Crippen LogP contribution >= 0.6 is 11.6 Å². The Morgan fingerprint density at radius 1 is 0.969 bits per heavy atom. The summed E-state index contributed by atoms with van der Waals surface area (Å²) in [5.74, 6) is -1.27. The maximum absolute atomic E-state index is 12.5. The highest BCUT2D eigenvalue weighted by molar-refractivity contribution is 7.90. The lowest BCUT2D eigenvalue weighted by Crippen LogP contribution is -2.24. The van der Waals surface area contributed by atoms with E-state index in [4.69, 9.17) is 22.4 Å². The summed E-state index contributed by atoms with van der Waals surface area (Å²) >= 11 is 6.02. The molecule has 1 aromatic heterocycles. The van der Waals surface area contributed by atoms with Crippen molar-refractivity contribution in [2.75, 3.05) is 6.26 Å². The lowest BCUT2D eigenvalue weighted by Gasteiger charge is -2.16. The van der Waals surface area contributed by atoms with Crippen molar-refractivity contribution in [3.8, 4) is 16.9 Å². The summed E-state index contributed by atoms with van der Waals surface area (Å²) in [4.78, 5) is 12.7. The van der Waals surface area contributed by atoms with Gasteiger partial charge in [-0.25, -0.2) is 13.1 Å². The molecule has 0 saturated heterocycles. The van der Waals surface area contributed by atoms with Crippen LogP contribution in [0.15, 0.2) is 89.8 Å². The molecule has 0 aliphatic heterocycles. The van der Waals surface area contributed by atoms with Gasteiger partial charge in [-0.2, -0.15) is 5.10 Å². The topological polar surface area (TPSA) is 95.1 Å². The average molecular weight is 466 g/mol. The highest BCUT2D eigenvalue weighted by atomic mass is 35.5. The third-order valence-electron chi connectivity index (χ3n) is 5.10. The summed E-state index contributed by atoms with van der Waals surface area (Å²) in [7, 11) is -3.34. The Kier molecular flexibility index (Phi) is 5.86. The standard InChI is InChI=1S/C24H20ClN3O3S/c1-32(30,31)20-13-11-19(12-14-20)28-22(23(24(26)29)17-5-3-2-4-6-17)15-21(27-28)16-7-9-18(25)10-8-16/h2-15,23H,1H3,(H2,26,29). The van der Waals surface area contributed by atoms with Gasteiger partial charge < -0.3 is 5.73 Å². The van der Waals surface area contributed by atoms with Gasteiger partial charge in [0, 0.05) is 16.8 Å². The molecule has 0 radical (unpaired) electrons. The minimum Gasteiger partial charge on any atom is -0.369 e. The molecule has 4 rings (SSSR count). The maximum atomic E-state index is 12.5. The van der Waals surface area contributed by atoms with Crippen LogP contribution in [0, 0.1) is 0 Å². The molecule has 0 saturated carbocycles. The first-order valence-electron chi connectivity index (χ1n) is 9.75. The molecule has 0 aliphatic carbocycles. The Labute approximate surface area is 191 Å². The van der Waals surface area contributed by atoms with E-state index in [-0.39, 0.29) is 4.90 Å². The number of nitrogens with two attached hydrogens (primary N) is 1. The molecule has 4 aromatic rings. The number of primary amides is 1.